The average molecular weight is 301 g/mol. The van der Waals surface area contributed by atoms with Gasteiger partial charge in [0.25, 0.3) is 5.91 Å². The Labute approximate surface area is 129 Å². The van der Waals surface area contributed by atoms with Gasteiger partial charge in [0.1, 0.15) is 5.15 Å². The molecule has 108 valence electrons. The maximum atomic E-state index is 12.7. The fraction of sp³-hybridized carbons (Fsp3) is 0.294. The largest absolute Gasteiger partial charge is 0.332 e. The molecular weight excluding hydrogens is 284 g/mol. The molecule has 1 amide bonds. The van der Waals surface area contributed by atoms with Gasteiger partial charge < -0.3 is 4.90 Å². The van der Waals surface area contributed by atoms with E-state index in [-0.39, 0.29) is 11.9 Å². The van der Waals surface area contributed by atoms with Crippen LogP contribution in [0.15, 0.2) is 48.7 Å². The van der Waals surface area contributed by atoms with Gasteiger partial charge in [-0.25, -0.2) is 4.98 Å². The molecule has 3 rings (SSSR count). The molecule has 4 heteroatoms. The van der Waals surface area contributed by atoms with Gasteiger partial charge in [-0.1, -0.05) is 35.9 Å². The van der Waals surface area contributed by atoms with Crippen LogP contribution in [0.5, 0.6) is 0 Å². The fourth-order valence-corrected chi connectivity index (χ4v) is 2.96. The first-order chi connectivity index (χ1) is 10.3. The van der Waals surface area contributed by atoms with Crippen LogP contribution in [0.1, 0.15) is 41.2 Å². The standard InChI is InChI=1S/C17H17ClN2O/c18-16-10-9-14(12-19-16)15-8-4-5-11-20(15)17(21)13-6-2-1-3-7-13/h1-3,6-7,9-10,12,15H,4-5,8,11H2. The van der Waals surface area contributed by atoms with Gasteiger partial charge in [0.05, 0.1) is 6.04 Å². The van der Waals surface area contributed by atoms with E-state index in [2.05, 4.69) is 4.98 Å². The van der Waals surface area contributed by atoms with Crippen molar-refractivity contribution in [3.63, 3.8) is 0 Å². The number of piperidine rings is 1. The van der Waals surface area contributed by atoms with Crippen LogP contribution >= 0.6 is 11.6 Å². The van der Waals surface area contributed by atoms with Crippen LogP contribution in [0.25, 0.3) is 0 Å². The third kappa shape index (κ3) is 3.08. The molecule has 1 unspecified atom stereocenters. The smallest absolute Gasteiger partial charge is 0.254 e. The minimum absolute atomic E-state index is 0.0928. The van der Waals surface area contributed by atoms with Crippen molar-refractivity contribution in [1.82, 2.24) is 9.88 Å². The second-order valence-corrected chi connectivity index (χ2v) is 5.68. The SMILES string of the molecule is O=C(c1ccccc1)N1CCCCC1c1ccc(Cl)nc1. The number of likely N-dealkylation sites (tertiary alicyclic amines) is 1. The van der Waals surface area contributed by atoms with Crippen molar-refractivity contribution < 1.29 is 4.79 Å². The topological polar surface area (TPSA) is 33.2 Å². The number of benzene rings is 1. The lowest BCUT2D eigenvalue weighted by Gasteiger charge is -2.36. The van der Waals surface area contributed by atoms with Gasteiger partial charge in [-0.3, -0.25) is 4.79 Å². The molecule has 0 aliphatic carbocycles. The number of aromatic nitrogens is 1. The normalized spacial score (nSPS) is 18.5. The van der Waals surface area contributed by atoms with Gasteiger partial charge in [-0.2, -0.15) is 0 Å². The number of nitrogens with zero attached hydrogens (tertiary/aromatic N) is 2. The van der Waals surface area contributed by atoms with E-state index in [1.54, 1.807) is 12.3 Å². The molecule has 21 heavy (non-hydrogen) atoms. The van der Waals surface area contributed by atoms with Crippen LogP contribution in [0.4, 0.5) is 0 Å². The zero-order chi connectivity index (χ0) is 14.7. The third-order valence-electron chi connectivity index (χ3n) is 3.92. The molecule has 1 saturated heterocycles. The summed E-state index contributed by atoms with van der Waals surface area (Å²) in [7, 11) is 0. The Hall–Kier alpha value is -1.87. The highest BCUT2D eigenvalue weighted by Gasteiger charge is 2.28. The number of amides is 1. The second-order valence-electron chi connectivity index (χ2n) is 5.29. The monoisotopic (exact) mass is 300 g/mol. The average Bonchev–Trinajstić information content (AvgIpc) is 2.56. The van der Waals surface area contributed by atoms with E-state index >= 15 is 0 Å². The van der Waals surface area contributed by atoms with Crippen LogP contribution in [-0.4, -0.2) is 22.3 Å². The third-order valence-corrected chi connectivity index (χ3v) is 4.14. The lowest BCUT2D eigenvalue weighted by Crippen LogP contribution is -2.38. The van der Waals surface area contributed by atoms with Crippen LogP contribution < -0.4 is 0 Å². The fourth-order valence-electron chi connectivity index (χ4n) is 2.85. The molecule has 2 heterocycles. The number of carbonyl (C=O) groups is 1. The number of rotatable bonds is 2. The first-order valence-electron chi connectivity index (χ1n) is 7.23. The summed E-state index contributed by atoms with van der Waals surface area (Å²) >= 11 is 5.85. The summed E-state index contributed by atoms with van der Waals surface area (Å²) in [5.41, 5.74) is 1.80. The lowest BCUT2D eigenvalue weighted by molar-refractivity contribution is 0.0611. The Kier molecular flexibility index (Phi) is 4.20. The lowest BCUT2D eigenvalue weighted by atomic mass is 9.95. The van der Waals surface area contributed by atoms with Crippen molar-refractivity contribution in [3.05, 3.63) is 64.9 Å². The predicted octanol–water partition coefficient (Wildman–Crippen LogP) is 4.10. The van der Waals surface area contributed by atoms with Crippen LogP contribution in [0, 0.1) is 0 Å². The highest BCUT2D eigenvalue weighted by Crippen LogP contribution is 2.32. The van der Waals surface area contributed by atoms with Crippen LogP contribution in [0.3, 0.4) is 0 Å². The zero-order valence-electron chi connectivity index (χ0n) is 11.7. The highest BCUT2D eigenvalue weighted by atomic mass is 35.5. The molecule has 0 radical (unpaired) electrons. The molecule has 0 spiro atoms. The minimum atomic E-state index is 0.0928. The van der Waals surface area contributed by atoms with E-state index in [0.717, 1.165) is 36.9 Å². The summed E-state index contributed by atoms with van der Waals surface area (Å²) in [6, 6.07) is 13.3. The summed E-state index contributed by atoms with van der Waals surface area (Å²) < 4.78 is 0. The number of hydrogen-bond donors (Lipinski definition) is 0. The van der Waals surface area contributed by atoms with Gasteiger partial charge in [-0.15, -0.1) is 0 Å². The first kappa shape index (κ1) is 14.1. The van der Waals surface area contributed by atoms with Crippen molar-refractivity contribution in [2.75, 3.05) is 6.54 Å². The maximum absolute atomic E-state index is 12.7. The zero-order valence-corrected chi connectivity index (χ0v) is 12.5. The predicted molar refractivity (Wildman–Crippen MR) is 83.3 cm³/mol. The molecule has 1 aliphatic rings. The maximum Gasteiger partial charge on any atom is 0.254 e. The van der Waals surface area contributed by atoms with E-state index in [9.17, 15) is 4.79 Å². The van der Waals surface area contributed by atoms with Crippen LogP contribution in [-0.2, 0) is 0 Å². The molecule has 1 fully saturated rings. The molecule has 2 aromatic rings. The van der Waals surface area contributed by atoms with Gasteiger partial charge >= 0.3 is 0 Å². The summed E-state index contributed by atoms with van der Waals surface area (Å²) in [6.07, 6.45) is 4.94. The summed E-state index contributed by atoms with van der Waals surface area (Å²) in [5.74, 6) is 0.0928. The Morgan fingerprint density at radius 2 is 1.95 bits per heavy atom. The molecular formula is C17H17ClN2O. The molecule has 1 aromatic carbocycles. The highest BCUT2D eigenvalue weighted by molar-refractivity contribution is 6.29. The number of hydrogen-bond acceptors (Lipinski definition) is 2. The van der Waals surface area contributed by atoms with E-state index in [1.165, 1.54) is 0 Å². The summed E-state index contributed by atoms with van der Waals surface area (Å²) in [4.78, 5) is 18.8. The van der Waals surface area contributed by atoms with E-state index < -0.39 is 0 Å². The van der Waals surface area contributed by atoms with E-state index in [0.29, 0.717) is 5.15 Å². The van der Waals surface area contributed by atoms with Crippen molar-refractivity contribution in [1.29, 1.82) is 0 Å². The van der Waals surface area contributed by atoms with Gasteiger partial charge in [0.2, 0.25) is 0 Å². The Bertz CT molecular complexity index is 612. The van der Waals surface area contributed by atoms with Gasteiger partial charge in [0.15, 0.2) is 0 Å². The van der Waals surface area contributed by atoms with E-state index in [1.807, 2.05) is 41.3 Å². The molecule has 1 aliphatic heterocycles. The molecule has 0 saturated carbocycles. The summed E-state index contributed by atoms with van der Waals surface area (Å²) in [5, 5.41) is 0.482. The Morgan fingerprint density at radius 3 is 2.67 bits per heavy atom. The van der Waals surface area contributed by atoms with E-state index in [4.69, 9.17) is 11.6 Å². The number of halogens is 1. The van der Waals surface area contributed by atoms with Gasteiger partial charge in [0, 0.05) is 18.3 Å². The van der Waals surface area contributed by atoms with Crippen molar-refractivity contribution in [2.24, 2.45) is 0 Å². The van der Waals surface area contributed by atoms with Gasteiger partial charge in [-0.05, 0) is 43.0 Å². The molecule has 0 bridgehead atoms. The second kappa shape index (κ2) is 6.27. The Balaban J connectivity index is 1.88. The minimum Gasteiger partial charge on any atom is -0.332 e. The molecule has 3 nitrogen and oxygen atoms in total. The summed E-state index contributed by atoms with van der Waals surface area (Å²) in [6.45, 7) is 0.793. The number of pyridine rings is 1. The quantitative estimate of drug-likeness (QED) is 0.782. The molecule has 1 atom stereocenters. The molecule has 0 N–H and O–H groups in total. The number of carbonyl (C=O) groups excluding carboxylic acids is 1. The Morgan fingerprint density at radius 1 is 1.14 bits per heavy atom. The molecule has 1 aromatic heterocycles. The van der Waals surface area contributed by atoms with Crippen molar-refractivity contribution >= 4 is 17.5 Å². The van der Waals surface area contributed by atoms with Crippen LogP contribution in [0.2, 0.25) is 5.15 Å². The van der Waals surface area contributed by atoms with Crippen molar-refractivity contribution in [2.45, 2.75) is 25.3 Å². The van der Waals surface area contributed by atoms with Crippen molar-refractivity contribution in [3.8, 4) is 0 Å². The first-order valence-corrected chi connectivity index (χ1v) is 7.61.